The van der Waals surface area contributed by atoms with Gasteiger partial charge in [-0.2, -0.15) is 0 Å². The van der Waals surface area contributed by atoms with E-state index in [1.807, 2.05) is 19.1 Å². The van der Waals surface area contributed by atoms with Crippen LogP contribution in [0.2, 0.25) is 5.02 Å². The molecule has 0 aliphatic carbocycles. The van der Waals surface area contributed by atoms with Gasteiger partial charge in [-0.05, 0) is 49.6 Å². The second-order valence-electron chi connectivity index (χ2n) is 6.88. The molecule has 0 bridgehead atoms. The maximum atomic E-state index is 12.5. The Morgan fingerprint density at radius 3 is 2.81 bits per heavy atom. The van der Waals surface area contributed by atoms with E-state index in [0.717, 1.165) is 31.6 Å². The molecular weight excluding hydrogens is 348 g/mol. The molecule has 1 aliphatic rings. The first-order chi connectivity index (χ1) is 12.5. The van der Waals surface area contributed by atoms with Crippen LogP contribution in [-0.2, 0) is 11.3 Å². The number of likely N-dealkylation sites (tertiary alicyclic amines) is 1. The van der Waals surface area contributed by atoms with E-state index in [1.54, 1.807) is 19.1 Å². The van der Waals surface area contributed by atoms with Gasteiger partial charge >= 0.3 is 0 Å². The van der Waals surface area contributed by atoms with Gasteiger partial charge in [0.1, 0.15) is 5.75 Å². The van der Waals surface area contributed by atoms with Gasteiger partial charge in [-0.1, -0.05) is 41.9 Å². The van der Waals surface area contributed by atoms with Crippen molar-refractivity contribution >= 4 is 17.5 Å². The molecule has 1 heterocycles. The molecule has 3 rings (SSSR count). The summed E-state index contributed by atoms with van der Waals surface area (Å²) in [5, 5.41) is 3.78. The van der Waals surface area contributed by atoms with Crippen LogP contribution in [0, 0.1) is 6.92 Å². The summed E-state index contributed by atoms with van der Waals surface area (Å²) >= 11 is 5.96. The van der Waals surface area contributed by atoms with Crippen molar-refractivity contribution in [3.8, 4) is 5.75 Å². The van der Waals surface area contributed by atoms with E-state index >= 15 is 0 Å². The summed E-state index contributed by atoms with van der Waals surface area (Å²) in [5.74, 6) is 0.611. The number of carbonyl (C=O) groups is 1. The number of carbonyl (C=O) groups excluding carboxylic acids is 1. The summed E-state index contributed by atoms with van der Waals surface area (Å²) in [6.45, 7) is 6.48. The second kappa shape index (κ2) is 8.56. The van der Waals surface area contributed by atoms with Crippen molar-refractivity contribution in [3.05, 3.63) is 64.7 Å². The maximum Gasteiger partial charge on any atom is 0.261 e. The zero-order valence-corrected chi connectivity index (χ0v) is 16.0. The van der Waals surface area contributed by atoms with Crippen molar-refractivity contribution in [2.24, 2.45) is 0 Å². The molecule has 1 N–H and O–H groups in total. The largest absolute Gasteiger partial charge is 0.481 e. The molecule has 1 fully saturated rings. The summed E-state index contributed by atoms with van der Waals surface area (Å²) in [6, 6.07) is 16.0. The first-order valence-corrected chi connectivity index (χ1v) is 9.38. The molecule has 2 unspecified atom stereocenters. The zero-order valence-electron chi connectivity index (χ0n) is 15.2. The molecule has 0 aromatic heterocycles. The summed E-state index contributed by atoms with van der Waals surface area (Å²) < 4.78 is 5.81. The number of nitrogens with zero attached hydrogens (tertiary/aromatic N) is 1. The summed E-state index contributed by atoms with van der Waals surface area (Å²) in [6.07, 6.45) is 0.420. The Morgan fingerprint density at radius 2 is 2.08 bits per heavy atom. The summed E-state index contributed by atoms with van der Waals surface area (Å²) in [7, 11) is 0. The van der Waals surface area contributed by atoms with Crippen LogP contribution in [0.5, 0.6) is 5.75 Å². The lowest BCUT2D eigenvalue weighted by atomic mass is 10.2. The molecule has 4 nitrogen and oxygen atoms in total. The fourth-order valence-electron chi connectivity index (χ4n) is 3.24. The normalized spacial score (nSPS) is 18.5. The number of nitrogens with one attached hydrogen (secondary N) is 1. The smallest absolute Gasteiger partial charge is 0.261 e. The number of hydrogen-bond acceptors (Lipinski definition) is 3. The molecule has 1 saturated heterocycles. The fourth-order valence-corrected chi connectivity index (χ4v) is 3.47. The Kier molecular flexibility index (Phi) is 6.17. The van der Waals surface area contributed by atoms with Crippen LogP contribution in [0.15, 0.2) is 48.5 Å². The molecule has 2 aromatic carbocycles. The third kappa shape index (κ3) is 4.99. The predicted octanol–water partition coefficient (Wildman–Crippen LogP) is 3.81. The van der Waals surface area contributed by atoms with Gasteiger partial charge < -0.3 is 10.1 Å². The van der Waals surface area contributed by atoms with E-state index in [-0.39, 0.29) is 11.9 Å². The van der Waals surface area contributed by atoms with E-state index < -0.39 is 6.10 Å². The topological polar surface area (TPSA) is 41.6 Å². The van der Waals surface area contributed by atoms with Crippen molar-refractivity contribution in [1.82, 2.24) is 10.2 Å². The van der Waals surface area contributed by atoms with Crippen molar-refractivity contribution in [2.75, 3.05) is 13.1 Å². The highest BCUT2D eigenvalue weighted by molar-refractivity contribution is 6.30. The Balaban J connectivity index is 1.48. The van der Waals surface area contributed by atoms with Gasteiger partial charge in [0.15, 0.2) is 6.10 Å². The molecule has 5 heteroatoms. The van der Waals surface area contributed by atoms with Crippen molar-refractivity contribution in [2.45, 2.75) is 39.0 Å². The first-order valence-electron chi connectivity index (χ1n) is 9.01. The molecule has 26 heavy (non-hydrogen) atoms. The van der Waals surface area contributed by atoms with Crippen LogP contribution in [0.25, 0.3) is 0 Å². The molecular formula is C21H25ClN2O2. The van der Waals surface area contributed by atoms with Crippen LogP contribution in [0.4, 0.5) is 0 Å². The SMILES string of the molecule is Cc1cc(Cl)ccc1OC(C)C(=O)NC1CCN(Cc2ccccc2)C1. The van der Waals surface area contributed by atoms with Gasteiger partial charge in [-0.25, -0.2) is 0 Å². The third-order valence-electron chi connectivity index (χ3n) is 4.68. The molecule has 0 radical (unpaired) electrons. The number of halogens is 1. The average Bonchev–Trinajstić information content (AvgIpc) is 3.05. The Morgan fingerprint density at radius 1 is 1.31 bits per heavy atom. The minimum atomic E-state index is -0.543. The minimum Gasteiger partial charge on any atom is -0.481 e. The van der Waals surface area contributed by atoms with E-state index in [0.29, 0.717) is 10.8 Å². The van der Waals surface area contributed by atoms with Gasteiger partial charge in [0.05, 0.1) is 0 Å². The molecule has 2 atom stereocenters. The van der Waals surface area contributed by atoms with Crippen LogP contribution >= 0.6 is 11.6 Å². The molecule has 2 aromatic rings. The molecule has 1 amide bonds. The lowest BCUT2D eigenvalue weighted by molar-refractivity contribution is -0.127. The van der Waals surface area contributed by atoms with Gasteiger partial charge in [0, 0.05) is 30.7 Å². The van der Waals surface area contributed by atoms with Gasteiger partial charge in [0.25, 0.3) is 5.91 Å². The lowest BCUT2D eigenvalue weighted by Gasteiger charge is -2.20. The quantitative estimate of drug-likeness (QED) is 0.838. The Bertz CT molecular complexity index is 751. The number of amides is 1. The first kappa shape index (κ1) is 18.7. The standard InChI is InChI=1S/C21H25ClN2O2/c1-15-12-18(22)8-9-20(15)26-16(2)21(25)23-19-10-11-24(14-19)13-17-6-4-3-5-7-17/h3-9,12,16,19H,10-11,13-14H2,1-2H3,(H,23,25). The Hall–Kier alpha value is -2.04. The highest BCUT2D eigenvalue weighted by Crippen LogP contribution is 2.23. The number of rotatable bonds is 6. The van der Waals surface area contributed by atoms with Crippen molar-refractivity contribution < 1.29 is 9.53 Å². The van der Waals surface area contributed by atoms with Gasteiger partial charge in [-0.15, -0.1) is 0 Å². The highest BCUT2D eigenvalue weighted by Gasteiger charge is 2.26. The molecule has 138 valence electrons. The maximum absolute atomic E-state index is 12.5. The van der Waals surface area contributed by atoms with Crippen LogP contribution < -0.4 is 10.1 Å². The zero-order chi connectivity index (χ0) is 18.5. The average molecular weight is 373 g/mol. The Labute approximate surface area is 160 Å². The fraction of sp³-hybridized carbons (Fsp3) is 0.381. The van der Waals surface area contributed by atoms with Gasteiger partial charge in [0.2, 0.25) is 0 Å². The molecule has 0 spiro atoms. The van der Waals surface area contributed by atoms with Crippen molar-refractivity contribution in [3.63, 3.8) is 0 Å². The van der Waals surface area contributed by atoms with Gasteiger partial charge in [-0.3, -0.25) is 9.69 Å². The second-order valence-corrected chi connectivity index (χ2v) is 7.32. The third-order valence-corrected chi connectivity index (χ3v) is 4.91. The predicted molar refractivity (Wildman–Crippen MR) is 105 cm³/mol. The summed E-state index contributed by atoms with van der Waals surface area (Å²) in [5.41, 5.74) is 2.22. The van der Waals surface area contributed by atoms with Crippen molar-refractivity contribution in [1.29, 1.82) is 0 Å². The van der Waals surface area contributed by atoms with E-state index in [1.165, 1.54) is 5.56 Å². The minimum absolute atomic E-state index is 0.0779. The number of hydrogen-bond donors (Lipinski definition) is 1. The number of ether oxygens (including phenoxy) is 1. The monoisotopic (exact) mass is 372 g/mol. The van der Waals surface area contributed by atoms with E-state index in [4.69, 9.17) is 16.3 Å². The van der Waals surface area contributed by atoms with Crippen LogP contribution in [0.1, 0.15) is 24.5 Å². The number of aryl methyl sites for hydroxylation is 1. The van der Waals surface area contributed by atoms with Crippen LogP contribution in [-0.4, -0.2) is 36.0 Å². The molecule has 0 saturated carbocycles. The van der Waals surface area contributed by atoms with E-state index in [9.17, 15) is 4.79 Å². The van der Waals surface area contributed by atoms with E-state index in [2.05, 4.69) is 34.5 Å². The van der Waals surface area contributed by atoms with Crippen LogP contribution in [0.3, 0.4) is 0 Å². The molecule has 1 aliphatic heterocycles. The highest BCUT2D eigenvalue weighted by atomic mass is 35.5. The lowest BCUT2D eigenvalue weighted by Crippen LogP contribution is -2.43. The summed E-state index contributed by atoms with van der Waals surface area (Å²) in [4.78, 5) is 14.8. The number of benzene rings is 2.